The van der Waals surface area contributed by atoms with Crippen LogP contribution in [0, 0.1) is 0 Å². The molecule has 0 radical (unpaired) electrons. The highest BCUT2D eigenvalue weighted by Gasteiger charge is 2.49. The van der Waals surface area contributed by atoms with E-state index < -0.39 is 52.9 Å². The van der Waals surface area contributed by atoms with Crippen molar-refractivity contribution in [1.82, 2.24) is 15.3 Å². The van der Waals surface area contributed by atoms with Crippen LogP contribution in [-0.2, 0) is 24.0 Å². The Balaban J connectivity index is 1.78. The predicted octanol–water partition coefficient (Wildman–Crippen LogP) is 1.95. The van der Waals surface area contributed by atoms with E-state index in [2.05, 4.69) is 5.32 Å². The summed E-state index contributed by atoms with van der Waals surface area (Å²) in [5.41, 5.74) is -2.13. The molecular formula is C23H27N3O8. The van der Waals surface area contributed by atoms with E-state index in [-0.39, 0.29) is 35.5 Å². The van der Waals surface area contributed by atoms with Gasteiger partial charge in [0.15, 0.2) is 0 Å². The van der Waals surface area contributed by atoms with Crippen molar-refractivity contribution in [2.24, 2.45) is 0 Å². The minimum atomic E-state index is -1.62. The zero-order chi connectivity index (χ0) is 25.4. The first-order valence-corrected chi connectivity index (χ1v) is 10.9. The van der Waals surface area contributed by atoms with Gasteiger partial charge in [0.2, 0.25) is 0 Å². The molecule has 11 nitrogen and oxygen atoms in total. The fourth-order valence-corrected chi connectivity index (χ4v) is 3.57. The Bertz CT molecular complexity index is 1040. The number of nitrogens with zero attached hydrogens (tertiary/aromatic N) is 2. The third-order valence-corrected chi connectivity index (χ3v) is 5.59. The molecule has 1 saturated heterocycles. The first-order valence-electron chi connectivity index (χ1n) is 10.9. The fraction of sp³-hybridized carbons (Fsp3) is 0.478. The van der Waals surface area contributed by atoms with Gasteiger partial charge in [0, 0.05) is 6.42 Å². The number of amides is 5. The maximum atomic E-state index is 13.1. The lowest BCUT2D eigenvalue weighted by Crippen LogP contribution is -2.60. The monoisotopic (exact) mass is 473 g/mol. The van der Waals surface area contributed by atoms with E-state index >= 15 is 0 Å². The number of ether oxygens (including phenoxy) is 1. The molecule has 11 heteroatoms. The van der Waals surface area contributed by atoms with E-state index in [1.165, 1.54) is 19.1 Å². The van der Waals surface area contributed by atoms with Gasteiger partial charge in [-0.1, -0.05) is 19.1 Å². The van der Waals surface area contributed by atoms with Crippen LogP contribution in [0.1, 0.15) is 74.6 Å². The first kappa shape index (κ1) is 24.9. The summed E-state index contributed by atoms with van der Waals surface area (Å²) >= 11 is 0. The van der Waals surface area contributed by atoms with Gasteiger partial charge in [-0.3, -0.25) is 24.1 Å². The maximum Gasteiger partial charge on any atom is 0.408 e. The number of fused-ring (bicyclic) bond motifs is 1. The van der Waals surface area contributed by atoms with Crippen LogP contribution >= 0.6 is 0 Å². The third-order valence-electron chi connectivity index (χ3n) is 5.59. The van der Waals surface area contributed by atoms with E-state index in [9.17, 15) is 28.8 Å². The third kappa shape index (κ3) is 4.63. The molecular weight excluding hydrogens is 446 g/mol. The molecule has 2 aliphatic heterocycles. The molecule has 0 aromatic heterocycles. The van der Waals surface area contributed by atoms with Gasteiger partial charge in [0.05, 0.1) is 11.1 Å². The molecule has 0 aliphatic carbocycles. The Kier molecular flexibility index (Phi) is 6.50. The van der Waals surface area contributed by atoms with Gasteiger partial charge in [-0.05, 0) is 52.7 Å². The number of nitrogens with one attached hydrogen (secondary N) is 1. The Hall–Kier alpha value is -3.76. The van der Waals surface area contributed by atoms with Crippen molar-refractivity contribution in [2.45, 2.75) is 71.1 Å². The van der Waals surface area contributed by atoms with Crippen molar-refractivity contribution < 1.29 is 38.3 Å². The van der Waals surface area contributed by atoms with E-state index in [4.69, 9.17) is 9.57 Å². The lowest BCUT2D eigenvalue weighted by Gasteiger charge is -2.35. The number of rotatable bonds is 5. The van der Waals surface area contributed by atoms with E-state index in [0.29, 0.717) is 0 Å². The SMILES string of the molecule is CCC(C)(NC(=O)OC(C)(C)C)C(=O)ON1C(=O)CCC(N2C(=O)c3ccccc3C2=O)C1=O. The van der Waals surface area contributed by atoms with Crippen molar-refractivity contribution in [3.63, 3.8) is 0 Å². The fourth-order valence-electron chi connectivity index (χ4n) is 3.57. The molecule has 1 fully saturated rings. The largest absolute Gasteiger partial charge is 0.444 e. The summed E-state index contributed by atoms with van der Waals surface area (Å²) in [6.45, 7) is 7.91. The second-order valence-electron chi connectivity index (χ2n) is 9.30. The summed E-state index contributed by atoms with van der Waals surface area (Å²) in [6, 6.07) is 4.82. The standard InChI is InChI=1S/C23H27N3O8/c1-6-23(5,24-21(32)33-22(2,3)4)20(31)34-26-16(27)12-11-15(19(26)30)25-17(28)13-9-7-8-10-14(13)18(25)29/h7-10,15H,6,11-12H2,1-5H3,(H,24,32). The molecule has 182 valence electrons. The summed E-state index contributed by atoms with van der Waals surface area (Å²) in [4.78, 5) is 82.1. The molecule has 2 atom stereocenters. The van der Waals surface area contributed by atoms with Crippen LogP contribution in [0.5, 0.6) is 0 Å². The number of imide groups is 2. The maximum absolute atomic E-state index is 13.1. The summed E-state index contributed by atoms with van der Waals surface area (Å²) in [5.74, 6) is -4.23. The molecule has 34 heavy (non-hydrogen) atoms. The second-order valence-corrected chi connectivity index (χ2v) is 9.30. The normalized spacial score (nSPS) is 20.1. The van der Waals surface area contributed by atoms with Crippen LogP contribution in [-0.4, -0.2) is 62.8 Å². The van der Waals surface area contributed by atoms with Crippen LogP contribution in [0.3, 0.4) is 0 Å². The molecule has 2 unspecified atom stereocenters. The number of piperidine rings is 1. The first-order chi connectivity index (χ1) is 15.8. The molecule has 0 spiro atoms. The zero-order valence-corrected chi connectivity index (χ0v) is 19.7. The van der Waals surface area contributed by atoms with Gasteiger partial charge in [-0.15, -0.1) is 5.06 Å². The molecule has 0 bridgehead atoms. The van der Waals surface area contributed by atoms with Crippen molar-refractivity contribution >= 4 is 35.7 Å². The van der Waals surface area contributed by atoms with Crippen LogP contribution in [0.2, 0.25) is 0 Å². The van der Waals surface area contributed by atoms with E-state index in [1.54, 1.807) is 39.8 Å². The van der Waals surface area contributed by atoms with E-state index in [0.717, 1.165) is 4.90 Å². The predicted molar refractivity (Wildman–Crippen MR) is 116 cm³/mol. The van der Waals surface area contributed by atoms with E-state index in [1.807, 2.05) is 0 Å². The molecule has 5 amide bonds. The number of benzene rings is 1. The average molecular weight is 473 g/mol. The van der Waals surface area contributed by atoms with Crippen molar-refractivity contribution in [3.8, 4) is 0 Å². The summed E-state index contributed by atoms with van der Waals surface area (Å²) in [5, 5.41) is 2.68. The Morgan fingerprint density at radius 3 is 2.09 bits per heavy atom. The highest BCUT2D eigenvalue weighted by Crippen LogP contribution is 2.29. The molecule has 1 N–H and O–H groups in total. The molecule has 3 rings (SSSR count). The summed E-state index contributed by atoms with van der Waals surface area (Å²) in [7, 11) is 0. The van der Waals surface area contributed by atoms with Gasteiger partial charge < -0.3 is 14.9 Å². The van der Waals surface area contributed by atoms with Gasteiger partial charge in [-0.2, -0.15) is 0 Å². The van der Waals surface area contributed by atoms with Crippen LogP contribution < -0.4 is 5.32 Å². The Morgan fingerprint density at radius 1 is 1.03 bits per heavy atom. The van der Waals surface area contributed by atoms with Crippen molar-refractivity contribution in [1.29, 1.82) is 0 Å². The van der Waals surface area contributed by atoms with Gasteiger partial charge >= 0.3 is 12.1 Å². The lowest BCUT2D eigenvalue weighted by molar-refractivity contribution is -0.211. The van der Waals surface area contributed by atoms with Gasteiger partial charge in [0.1, 0.15) is 17.2 Å². The van der Waals surface area contributed by atoms with Crippen LogP contribution in [0.4, 0.5) is 4.79 Å². The highest BCUT2D eigenvalue weighted by atomic mass is 16.7. The molecule has 1 aromatic rings. The molecule has 0 saturated carbocycles. The number of hydroxylamine groups is 2. The second kappa shape index (κ2) is 8.88. The summed E-state index contributed by atoms with van der Waals surface area (Å²) < 4.78 is 5.17. The zero-order valence-electron chi connectivity index (χ0n) is 19.7. The van der Waals surface area contributed by atoms with Crippen molar-refractivity contribution in [2.75, 3.05) is 0 Å². The van der Waals surface area contributed by atoms with Crippen LogP contribution in [0.15, 0.2) is 24.3 Å². The highest BCUT2D eigenvalue weighted by molar-refractivity contribution is 6.23. The summed E-state index contributed by atoms with van der Waals surface area (Å²) in [6.07, 6.45) is -1.16. The minimum absolute atomic E-state index is 0.0587. The van der Waals surface area contributed by atoms with Gasteiger partial charge in [0.25, 0.3) is 23.6 Å². The van der Waals surface area contributed by atoms with Crippen LogP contribution in [0.25, 0.3) is 0 Å². The number of carbonyl (C=O) groups is 6. The van der Waals surface area contributed by atoms with Gasteiger partial charge in [-0.25, -0.2) is 9.59 Å². The number of alkyl carbamates (subject to hydrolysis) is 1. The van der Waals surface area contributed by atoms with Crippen molar-refractivity contribution in [3.05, 3.63) is 35.4 Å². The number of carbonyl (C=O) groups excluding carboxylic acids is 6. The Labute approximate surface area is 196 Å². The molecule has 2 heterocycles. The number of hydrogen-bond acceptors (Lipinski definition) is 8. The molecule has 2 aliphatic rings. The average Bonchev–Trinajstić information content (AvgIpc) is 3.00. The smallest absolute Gasteiger partial charge is 0.408 e. The quantitative estimate of drug-likeness (QED) is 0.640. The minimum Gasteiger partial charge on any atom is -0.444 e. The molecule has 1 aromatic carbocycles. The number of hydrogen-bond donors (Lipinski definition) is 1. The topological polar surface area (TPSA) is 139 Å². The Morgan fingerprint density at radius 2 is 1.59 bits per heavy atom. The lowest BCUT2D eigenvalue weighted by atomic mass is 9.99.